The van der Waals surface area contributed by atoms with E-state index in [2.05, 4.69) is 5.32 Å². The van der Waals surface area contributed by atoms with Gasteiger partial charge in [-0.1, -0.05) is 6.07 Å². The lowest BCUT2D eigenvalue weighted by Gasteiger charge is -2.19. The maximum Gasteiger partial charge on any atom is 0.405 e. The van der Waals surface area contributed by atoms with Crippen LogP contribution in [-0.4, -0.2) is 24.7 Å². The largest absolute Gasteiger partial charge is 0.405 e. The Morgan fingerprint density at radius 1 is 1.44 bits per heavy atom. The predicted octanol–water partition coefficient (Wildman–Crippen LogP) is 2.47. The molecule has 0 saturated heterocycles. The Kier molecular flexibility index (Phi) is 5.15. The number of thiophene rings is 1. The molecule has 0 aliphatic heterocycles. The number of nitrogens with one attached hydrogen (secondary N) is 2. The molecule has 0 aliphatic carbocycles. The van der Waals surface area contributed by atoms with E-state index in [1.807, 2.05) is 29.8 Å². The first-order valence-electron chi connectivity index (χ1n) is 5.43. The summed E-state index contributed by atoms with van der Waals surface area (Å²) in [4.78, 5) is 12.5. The van der Waals surface area contributed by atoms with E-state index in [1.54, 1.807) is 0 Å². The zero-order valence-electron chi connectivity index (χ0n) is 10.0. The highest BCUT2D eigenvalue weighted by Crippen LogP contribution is 2.18. The van der Waals surface area contributed by atoms with Gasteiger partial charge in [-0.2, -0.15) is 13.2 Å². The molecule has 1 aromatic rings. The number of carbonyl (C=O) groups is 1. The molecule has 0 saturated carbocycles. The summed E-state index contributed by atoms with van der Waals surface area (Å²) in [7, 11) is 0. The fourth-order valence-electron chi connectivity index (χ4n) is 1.41. The molecule has 18 heavy (non-hydrogen) atoms. The molecule has 1 aromatic heterocycles. The van der Waals surface area contributed by atoms with Gasteiger partial charge in [-0.05, 0) is 25.3 Å². The second kappa shape index (κ2) is 6.19. The summed E-state index contributed by atoms with van der Waals surface area (Å²) in [6.45, 7) is 2.10. The molecule has 0 radical (unpaired) electrons. The average molecular weight is 280 g/mol. The number of halogens is 3. The van der Waals surface area contributed by atoms with Gasteiger partial charge in [0.25, 0.3) is 0 Å². The van der Waals surface area contributed by atoms with Crippen LogP contribution in [0.4, 0.5) is 13.2 Å². The highest BCUT2D eigenvalue weighted by Gasteiger charge is 2.28. The van der Waals surface area contributed by atoms with E-state index in [-0.39, 0.29) is 6.04 Å². The normalized spacial score (nSPS) is 15.2. The molecule has 0 aromatic carbocycles. The standard InChI is InChI=1S/C11H15F3N2OS/c1-7(9-4-3-5-18-9)16-8(2)10(17)15-6-11(12,13)14/h3-5,7-8,16H,6H2,1-2H3,(H,15,17)/t7-,8?/m1/s1. The van der Waals surface area contributed by atoms with E-state index in [0.717, 1.165) is 4.88 Å². The molecule has 3 nitrogen and oxygen atoms in total. The highest BCUT2D eigenvalue weighted by molar-refractivity contribution is 7.10. The third kappa shape index (κ3) is 5.05. The van der Waals surface area contributed by atoms with Crippen LogP contribution in [0.3, 0.4) is 0 Å². The second-order valence-electron chi connectivity index (χ2n) is 3.96. The van der Waals surface area contributed by atoms with Crippen LogP contribution in [0.1, 0.15) is 24.8 Å². The molecule has 1 rings (SSSR count). The van der Waals surface area contributed by atoms with Gasteiger partial charge in [0.1, 0.15) is 6.54 Å². The van der Waals surface area contributed by atoms with Gasteiger partial charge in [0.15, 0.2) is 0 Å². The number of carbonyl (C=O) groups excluding carboxylic acids is 1. The van der Waals surface area contributed by atoms with E-state index in [4.69, 9.17) is 0 Å². The molecule has 0 bridgehead atoms. The number of rotatable bonds is 5. The van der Waals surface area contributed by atoms with Crippen molar-refractivity contribution in [1.82, 2.24) is 10.6 Å². The van der Waals surface area contributed by atoms with Crippen molar-refractivity contribution in [3.63, 3.8) is 0 Å². The van der Waals surface area contributed by atoms with Crippen molar-refractivity contribution in [2.45, 2.75) is 32.1 Å². The topological polar surface area (TPSA) is 41.1 Å². The number of alkyl halides is 3. The molecule has 0 spiro atoms. The molecule has 2 atom stereocenters. The summed E-state index contributed by atoms with van der Waals surface area (Å²) in [5.41, 5.74) is 0. The summed E-state index contributed by atoms with van der Waals surface area (Å²) in [6, 6.07) is 3.04. The molecule has 102 valence electrons. The smallest absolute Gasteiger partial charge is 0.346 e. The summed E-state index contributed by atoms with van der Waals surface area (Å²) in [5, 5.41) is 6.70. The Morgan fingerprint density at radius 3 is 2.61 bits per heavy atom. The SMILES string of the molecule is CC(N[C@H](C)c1cccs1)C(=O)NCC(F)(F)F. The summed E-state index contributed by atoms with van der Waals surface area (Å²) < 4.78 is 35.8. The minimum Gasteiger partial charge on any atom is -0.346 e. The molecule has 1 amide bonds. The lowest BCUT2D eigenvalue weighted by atomic mass is 10.2. The van der Waals surface area contributed by atoms with Gasteiger partial charge in [0.05, 0.1) is 6.04 Å². The second-order valence-corrected chi connectivity index (χ2v) is 4.94. The first-order valence-corrected chi connectivity index (χ1v) is 6.31. The third-order valence-electron chi connectivity index (χ3n) is 2.33. The van der Waals surface area contributed by atoms with Crippen molar-refractivity contribution in [3.05, 3.63) is 22.4 Å². The van der Waals surface area contributed by atoms with Crippen LogP contribution in [0.15, 0.2) is 17.5 Å². The van der Waals surface area contributed by atoms with Crippen LogP contribution in [0.2, 0.25) is 0 Å². The Morgan fingerprint density at radius 2 is 2.11 bits per heavy atom. The quantitative estimate of drug-likeness (QED) is 0.870. The van der Waals surface area contributed by atoms with Gasteiger partial charge >= 0.3 is 6.18 Å². The van der Waals surface area contributed by atoms with Crippen LogP contribution < -0.4 is 10.6 Å². The first-order chi connectivity index (χ1) is 8.29. The van der Waals surface area contributed by atoms with Crippen molar-refractivity contribution in [3.8, 4) is 0 Å². The Bertz CT molecular complexity index is 378. The molecule has 0 aliphatic rings. The van der Waals surface area contributed by atoms with Gasteiger partial charge < -0.3 is 5.32 Å². The van der Waals surface area contributed by atoms with Crippen molar-refractivity contribution >= 4 is 17.2 Å². The minimum atomic E-state index is -4.38. The van der Waals surface area contributed by atoms with Crippen LogP contribution >= 0.6 is 11.3 Å². The van der Waals surface area contributed by atoms with Crippen molar-refractivity contribution in [2.75, 3.05) is 6.54 Å². The van der Waals surface area contributed by atoms with Gasteiger partial charge in [0, 0.05) is 10.9 Å². The van der Waals surface area contributed by atoms with Gasteiger partial charge in [0.2, 0.25) is 5.91 Å². The minimum absolute atomic E-state index is 0.0726. The molecule has 2 N–H and O–H groups in total. The number of hydrogen-bond donors (Lipinski definition) is 2. The fourth-order valence-corrected chi connectivity index (χ4v) is 2.15. The van der Waals surface area contributed by atoms with Crippen LogP contribution in [0.25, 0.3) is 0 Å². The molecule has 1 unspecified atom stereocenters. The maximum atomic E-state index is 11.9. The van der Waals surface area contributed by atoms with Gasteiger partial charge in [-0.3, -0.25) is 10.1 Å². The molecule has 7 heteroatoms. The zero-order chi connectivity index (χ0) is 13.8. The predicted molar refractivity (Wildman–Crippen MR) is 64.4 cm³/mol. The molecular formula is C11H15F3N2OS. The van der Waals surface area contributed by atoms with Crippen molar-refractivity contribution in [2.24, 2.45) is 0 Å². The van der Waals surface area contributed by atoms with Gasteiger partial charge in [-0.25, -0.2) is 0 Å². The van der Waals surface area contributed by atoms with E-state index < -0.39 is 24.7 Å². The zero-order valence-corrected chi connectivity index (χ0v) is 10.9. The molecular weight excluding hydrogens is 265 g/mol. The van der Waals surface area contributed by atoms with E-state index in [0.29, 0.717) is 0 Å². The van der Waals surface area contributed by atoms with Crippen LogP contribution in [0.5, 0.6) is 0 Å². The van der Waals surface area contributed by atoms with E-state index >= 15 is 0 Å². The Balaban J connectivity index is 2.40. The van der Waals surface area contributed by atoms with Crippen molar-refractivity contribution < 1.29 is 18.0 Å². The first kappa shape index (κ1) is 15.0. The third-order valence-corrected chi connectivity index (χ3v) is 3.38. The van der Waals surface area contributed by atoms with E-state index in [9.17, 15) is 18.0 Å². The lowest BCUT2D eigenvalue weighted by molar-refractivity contribution is -0.139. The Labute approximate surface area is 107 Å². The average Bonchev–Trinajstić information content (AvgIpc) is 2.77. The summed E-state index contributed by atoms with van der Waals surface area (Å²) >= 11 is 1.53. The van der Waals surface area contributed by atoms with Crippen LogP contribution in [0, 0.1) is 0 Å². The molecule has 1 heterocycles. The van der Waals surface area contributed by atoms with Crippen molar-refractivity contribution in [1.29, 1.82) is 0 Å². The number of hydrogen-bond acceptors (Lipinski definition) is 3. The fraction of sp³-hybridized carbons (Fsp3) is 0.545. The van der Waals surface area contributed by atoms with E-state index in [1.165, 1.54) is 18.3 Å². The highest BCUT2D eigenvalue weighted by atomic mass is 32.1. The summed E-state index contributed by atoms with van der Waals surface area (Å²) in [5.74, 6) is -0.657. The van der Waals surface area contributed by atoms with Gasteiger partial charge in [-0.15, -0.1) is 11.3 Å². The van der Waals surface area contributed by atoms with Crippen LogP contribution in [-0.2, 0) is 4.79 Å². The lowest BCUT2D eigenvalue weighted by Crippen LogP contribution is -2.45. The maximum absolute atomic E-state index is 11.9. The summed E-state index contributed by atoms with van der Waals surface area (Å²) in [6.07, 6.45) is -4.38. The number of amides is 1. The Hall–Kier alpha value is -1.08. The molecule has 0 fully saturated rings. The monoisotopic (exact) mass is 280 g/mol.